The summed E-state index contributed by atoms with van der Waals surface area (Å²) in [5.41, 5.74) is 2.27. The Kier molecular flexibility index (Phi) is 13.0. The molecule has 0 saturated carbocycles. The molecule has 47 heavy (non-hydrogen) atoms. The van der Waals surface area contributed by atoms with Crippen LogP contribution in [-0.2, 0) is 14.5 Å². The van der Waals surface area contributed by atoms with E-state index in [1.807, 2.05) is 43.3 Å². The largest absolute Gasteiger partial charge is 0.411 e. The van der Waals surface area contributed by atoms with Gasteiger partial charge in [-0.15, -0.1) is 0 Å². The highest BCUT2D eigenvalue weighted by molar-refractivity contribution is 5.89. The third kappa shape index (κ3) is 7.85. The fourth-order valence-electron chi connectivity index (χ4n) is 7.45. The smallest absolute Gasteiger partial charge is 0.139 e. The molecule has 7 nitrogen and oxygen atoms in total. The fraction of sp³-hybridized carbons (Fsp3) is 0.650. The molecule has 2 aromatic carbocycles. The van der Waals surface area contributed by atoms with Crippen LogP contribution in [-0.4, -0.2) is 49.0 Å². The van der Waals surface area contributed by atoms with Crippen LogP contribution in [0.2, 0.25) is 0 Å². The normalized spacial score (nSPS) is 34.0. The van der Waals surface area contributed by atoms with Gasteiger partial charge < -0.3 is 5.21 Å². The molecule has 7 heteroatoms. The van der Waals surface area contributed by atoms with Crippen LogP contribution in [0.1, 0.15) is 145 Å². The monoisotopic (exact) mass is 649 g/mol. The van der Waals surface area contributed by atoms with E-state index in [0.717, 1.165) is 43.4 Å². The molecule has 2 aromatic rings. The van der Waals surface area contributed by atoms with Crippen LogP contribution >= 0.6 is 0 Å². The molecule has 262 valence electrons. The zero-order valence-corrected chi connectivity index (χ0v) is 31.3. The molecule has 0 aromatic heterocycles. The van der Waals surface area contributed by atoms with Crippen molar-refractivity contribution in [1.29, 1.82) is 0 Å². The summed E-state index contributed by atoms with van der Waals surface area (Å²) < 4.78 is 0. The Morgan fingerprint density at radius 2 is 1.09 bits per heavy atom. The van der Waals surface area contributed by atoms with Crippen molar-refractivity contribution < 1.29 is 19.7 Å². The molecule has 0 spiro atoms. The highest BCUT2D eigenvalue weighted by Crippen LogP contribution is 2.47. The number of piperidine rings is 2. The maximum atomic E-state index is 12.6. The van der Waals surface area contributed by atoms with E-state index in [0.29, 0.717) is 12.2 Å². The van der Waals surface area contributed by atoms with E-state index in [9.17, 15) is 10.0 Å². The van der Waals surface area contributed by atoms with E-state index < -0.39 is 0 Å². The minimum atomic E-state index is -0.275. The predicted octanol–water partition coefficient (Wildman–Crippen LogP) is 10.1. The number of oxime groups is 1. The van der Waals surface area contributed by atoms with Crippen LogP contribution in [0.5, 0.6) is 0 Å². The van der Waals surface area contributed by atoms with Crippen LogP contribution in [0.15, 0.2) is 65.8 Å². The van der Waals surface area contributed by atoms with Gasteiger partial charge >= 0.3 is 0 Å². The summed E-state index contributed by atoms with van der Waals surface area (Å²) in [4.78, 5) is 25.6. The Morgan fingerprint density at radius 1 is 0.702 bits per heavy atom. The molecule has 2 aliphatic heterocycles. The summed E-state index contributed by atoms with van der Waals surface area (Å²) in [6.07, 6.45) is 4.84. The van der Waals surface area contributed by atoms with Crippen LogP contribution in [0, 0.1) is 11.8 Å². The molecular weight excluding hydrogens is 586 g/mol. The summed E-state index contributed by atoms with van der Waals surface area (Å²) in [5, 5.41) is 17.5. The number of carbonyl (C=O) groups is 1. The summed E-state index contributed by atoms with van der Waals surface area (Å²) in [5.74, 6) is 0.469. The van der Waals surface area contributed by atoms with Crippen molar-refractivity contribution in [3.8, 4) is 0 Å². The van der Waals surface area contributed by atoms with Crippen LogP contribution < -0.4 is 0 Å². The van der Waals surface area contributed by atoms with Crippen LogP contribution in [0.25, 0.3) is 0 Å². The third-order valence-corrected chi connectivity index (χ3v) is 12.0. The average molecular weight is 650 g/mol. The Morgan fingerprint density at radius 3 is 1.45 bits per heavy atom. The quantitative estimate of drug-likeness (QED) is 0.204. The number of hydroxylamine groups is 4. The second-order valence-corrected chi connectivity index (χ2v) is 14.9. The van der Waals surface area contributed by atoms with Crippen molar-refractivity contribution in [2.24, 2.45) is 17.0 Å². The van der Waals surface area contributed by atoms with Gasteiger partial charge in [-0.2, -0.15) is 10.1 Å². The molecular formula is C40H63N3O4. The molecule has 4 rings (SSSR count). The Hall–Kier alpha value is -2.58. The van der Waals surface area contributed by atoms with Crippen molar-refractivity contribution in [3.63, 3.8) is 0 Å². The minimum absolute atomic E-state index is 0.0184. The van der Waals surface area contributed by atoms with Crippen LogP contribution in [0.3, 0.4) is 0 Å². The lowest BCUT2D eigenvalue weighted by molar-refractivity contribution is -0.315. The standard InChI is InChI=1S/C20H32N2O2.C20H31NO2/c1-7-19(5)14-18(21-23)15(3)20(6,8-2)22(19)24-16(4)17-12-10-9-11-13-17;1-7-19(5)14-18(22)15(3)20(6,8-2)21(19)23-16(4)17-12-10-9-11-13-17/h9-13,15-16,23H,7-8,14H2,1-6H3;9-13,15-16H,7-8,14H2,1-6H3. The van der Waals surface area contributed by atoms with Crippen molar-refractivity contribution >= 4 is 11.5 Å². The van der Waals surface area contributed by atoms with E-state index in [2.05, 4.69) is 116 Å². The van der Waals surface area contributed by atoms with Gasteiger partial charge in [-0.25, -0.2) is 0 Å². The number of carbonyl (C=O) groups excluding carboxylic acids is 1. The van der Waals surface area contributed by atoms with E-state index >= 15 is 0 Å². The molecule has 2 fully saturated rings. The Balaban J connectivity index is 0.000000256. The molecule has 0 aliphatic carbocycles. The lowest BCUT2D eigenvalue weighted by Crippen LogP contribution is -2.66. The van der Waals surface area contributed by atoms with Gasteiger partial charge in [0.1, 0.15) is 18.0 Å². The number of hydrogen-bond donors (Lipinski definition) is 1. The number of Topliss-reactive ketones (excluding diaryl/α,β-unsaturated/α-hetero) is 1. The summed E-state index contributed by atoms with van der Waals surface area (Å²) in [7, 11) is 0. The Bertz CT molecular complexity index is 1320. The fourth-order valence-corrected chi connectivity index (χ4v) is 7.45. The molecule has 0 amide bonds. The SMILES string of the molecule is CCC1(C)CC(=NO)C(C)C(C)(CC)N1OC(C)c1ccccc1.CCC1(C)CC(=O)C(C)C(C)(CC)N1OC(C)c1ccccc1. The zero-order valence-electron chi connectivity index (χ0n) is 31.3. The van der Waals surface area contributed by atoms with Gasteiger partial charge in [0.15, 0.2) is 0 Å². The van der Waals surface area contributed by atoms with Gasteiger partial charge in [0, 0.05) is 30.2 Å². The van der Waals surface area contributed by atoms with Crippen molar-refractivity contribution in [2.75, 3.05) is 0 Å². The number of rotatable bonds is 10. The number of nitrogens with zero attached hydrogens (tertiary/aromatic N) is 3. The first kappa shape index (κ1) is 38.9. The first-order valence-corrected chi connectivity index (χ1v) is 17.9. The van der Waals surface area contributed by atoms with E-state index in [4.69, 9.17) is 9.68 Å². The average Bonchev–Trinajstić information content (AvgIpc) is 3.10. The van der Waals surface area contributed by atoms with Gasteiger partial charge in [0.05, 0.1) is 22.3 Å². The van der Waals surface area contributed by atoms with Gasteiger partial charge in [-0.1, -0.05) is 107 Å². The lowest BCUT2D eigenvalue weighted by atomic mass is 9.70. The summed E-state index contributed by atoms with van der Waals surface area (Å²) in [6, 6.07) is 20.6. The maximum absolute atomic E-state index is 12.6. The predicted molar refractivity (Wildman–Crippen MR) is 192 cm³/mol. The Labute approximate surface area is 285 Å². The molecule has 0 radical (unpaired) electrons. The van der Waals surface area contributed by atoms with E-state index in [-0.39, 0.29) is 46.2 Å². The first-order chi connectivity index (χ1) is 22.1. The van der Waals surface area contributed by atoms with Crippen molar-refractivity contribution in [1.82, 2.24) is 10.1 Å². The van der Waals surface area contributed by atoms with Gasteiger partial charge in [0.25, 0.3) is 0 Å². The van der Waals surface area contributed by atoms with E-state index in [1.165, 1.54) is 5.56 Å². The van der Waals surface area contributed by atoms with Gasteiger partial charge in [0.2, 0.25) is 0 Å². The topological polar surface area (TPSA) is 74.6 Å². The molecule has 8 unspecified atom stereocenters. The highest BCUT2D eigenvalue weighted by Gasteiger charge is 2.55. The van der Waals surface area contributed by atoms with E-state index in [1.54, 1.807) is 0 Å². The van der Waals surface area contributed by atoms with Crippen molar-refractivity contribution in [3.05, 3.63) is 71.8 Å². The summed E-state index contributed by atoms with van der Waals surface area (Å²) >= 11 is 0. The molecule has 8 atom stereocenters. The molecule has 2 saturated heterocycles. The zero-order chi connectivity index (χ0) is 35.2. The minimum Gasteiger partial charge on any atom is -0.411 e. The molecule has 0 bridgehead atoms. The third-order valence-electron chi connectivity index (χ3n) is 12.0. The second-order valence-electron chi connectivity index (χ2n) is 14.9. The highest BCUT2D eigenvalue weighted by atomic mass is 16.7. The maximum Gasteiger partial charge on any atom is 0.139 e. The van der Waals surface area contributed by atoms with Crippen LogP contribution in [0.4, 0.5) is 0 Å². The molecule has 2 heterocycles. The number of hydrogen-bond acceptors (Lipinski definition) is 7. The van der Waals surface area contributed by atoms with Gasteiger partial charge in [-0.3, -0.25) is 14.5 Å². The van der Waals surface area contributed by atoms with Crippen molar-refractivity contribution in [2.45, 2.75) is 156 Å². The number of benzene rings is 2. The summed E-state index contributed by atoms with van der Waals surface area (Å²) in [6.45, 7) is 25.7. The number of ketones is 1. The first-order valence-electron chi connectivity index (χ1n) is 17.9. The lowest BCUT2D eigenvalue weighted by Gasteiger charge is -2.57. The van der Waals surface area contributed by atoms with Gasteiger partial charge in [-0.05, 0) is 78.4 Å². The molecule has 1 N–H and O–H groups in total. The molecule has 2 aliphatic rings. The second kappa shape index (κ2) is 15.8.